The summed E-state index contributed by atoms with van der Waals surface area (Å²) in [5.41, 5.74) is 4.36. The van der Waals surface area contributed by atoms with Crippen LogP contribution in [0.25, 0.3) is 0 Å². The number of hydrogen-bond acceptors (Lipinski definition) is 2. The zero-order chi connectivity index (χ0) is 14.0. The molecule has 19 heavy (non-hydrogen) atoms. The first kappa shape index (κ1) is 14.1. The van der Waals surface area contributed by atoms with Gasteiger partial charge in [-0.3, -0.25) is 9.69 Å². The average molecular weight is 261 g/mol. The number of aliphatic carboxylic acids is 1. The van der Waals surface area contributed by atoms with Crippen LogP contribution < -0.4 is 0 Å². The van der Waals surface area contributed by atoms with Crippen molar-refractivity contribution >= 4 is 5.97 Å². The minimum absolute atomic E-state index is 0.186. The van der Waals surface area contributed by atoms with Crippen LogP contribution in [0.3, 0.4) is 0 Å². The number of nitrogens with zero attached hydrogens (tertiary/aromatic N) is 1. The van der Waals surface area contributed by atoms with Gasteiger partial charge in [0.05, 0.1) is 0 Å². The molecule has 1 aromatic rings. The number of benzene rings is 1. The summed E-state index contributed by atoms with van der Waals surface area (Å²) in [7, 11) is 0. The monoisotopic (exact) mass is 261 g/mol. The van der Waals surface area contributed by atoms with Crippen LogP contribution in [0.2, 0.25) is 0 Å². The summed E-state index contributed by atoms with van der Waals surface area (Å²) in [4.78, 5) is 12.9. The maximum Gasteiger partial charge on any atom is 0.303 e. The normalized spacial score (nSPS) is 15.5. The molecule has 2 rings (SSSR count). The smallest absolute Gasteiger partial charge is 0.303 e. The quantitative estimate of drug-likeness (QED) is 0.905. The Morgan fingerprint density at radius 3 is 2.58 bits per heavy atom. The molecule has 104 valence electrons. The fraction of sp³-hybridized carbons (Fsp3) is 0.562. The van der Waals surface area contributed by atoms with Gasteiger partial charge in [0.15, 0.2) is 0 Å². The first-order valence-electron chi connectivity index (χ1n) is 6.93. The standard InChI is InChI=1S/C16H23NO2/c1-16(2,3)14-7-6-12-10-17(11-13(12)9-14)8-4-5-15(18)19/h6-7,9H,4-5,8,10-11H2,1-3H3,(H,18,19). The topological polar surface area (TPSA) is 40.5 Å². The van der Waals surface area contributed by atoms with Crippen LogP contribution in [0.1, 0.15) is 50.3 Å². The molecule has 1 aromatic carbocycles. The summed E-state index contributed by atoms with van der Waals surface area (Å²) in [6.07, 6.45) is 0.996. The van der Waals surface area contributed by atoms with E-state index in [9.17, 15) is 4.79 Å². The molecule has 3 nitrogen and oxygen atoms in total. The third-order valence-corrected chi connectivity index (χ3v) is 3.73. The fourth-order valence-electron chi connectivity index (χ4n) is 2.54. The molecule has 0 atom stereocenters. The molecule has 1 aliphatic heterocycles. The Balaban J connectivity index is 1.98. The SMILES string of the molecule is CC(C)(C)c1ccc2c(c1)CN(CCCC(=O)O)C2. The Labute approximate surface area is 115 Å². The summed E-state index contributed by atoms with van der Waals surface area (Å²) < 4.78 is 0. The zero-order valence-electron chi connectivity index (χ0n) is 12.1. The molecular weight excluding hydrogens is 238 g/mol. The molecule has 0 aromatic heterocycles. The first-order chi connectivity index (χ1) is 8.86. The predicted octanol–water partition coefficient (Wildman–Crippen LogP) is 3.16. The van der Waals surface area contributed by atoms with Crippen LogP contribution in [0, 0.1) is 0 Å². The molecule has 1 N–H and O–H groups in total. The maximum atomic E-state index is 10.5. The van der Waals surface area contributed by atoms with E-state index < -0.39 is 5.97 Å². The third kappa shape index (κ3) is 3.57. The Morgan fingerprint density at radius 1 is 1.26 bits per heavy atom. The van der Waals surface area contributed by atoms with Crippen molar-refractivity contribution in [2.24, 2.45) is 0 Å². The number of carboxylic acid groups (broad SMARTS) is 1. The zero-order valence-corrected chi connectivity index (χ0v) is 12.1. The number of carbonyl (C=O) groups is 1. The van der Waals surface area contributed by atoms with Crippen LogP contribution in [0.5, 0.6) is 0 Å². The van der Waals surface area contributed by atoms with Gasteiger partial charge in [0.25, 0.3) is 0 Å². The highest BCUT2D eigenvalue weighted by atomic mass is 16.4. The lowest BCUT2D eigenvalue weighted by atomic mass is 9.85. The van der Waals surface area contributed by atoms with Crippen molar-refractivity contribution in [3.8, 4) is 0 Å². The highest BCUT2D eigenvalue weighted by Crippen LogP contribution is 2.29. The molecule has 1 heterocycles. The van der Waals surface area contributed by atoms with E-state index >= 15 is 0 Å². The van der Waals surface area contributed by atoms with E-state index in [2.05, 4.69) is 43.9 Å². The molecule has 0 saturated heterocycles. The van der Waals surface area contributed by atoms with Gasteiger partial charge in [-0.15, -0.1) is 0 Å². The predicted molar refractivity (Wildman–Crippen MR) is 76.1 cm³/mol. The summed E-state index contributed by atoms with van der Waals surface area (Å²) >= 11 is 0. The molecule has 3 heteroatoms. The Bertz CT molecular complexity index is 474. The van der Waals surface area contributed by atoms with E-state index in [0.717, 1.165) is 26.1 Å². The van der Waals surface area contributed by atoms with Crippen molar-refractivity contribution in [3.63, 3.8) is 0 Å². The van der Waals surface area contributed by atoms with Crippen LogP contribution >= 0.6 is 0 Å². The van der Waals surface area contributed by atoms with Gasteiger partial charge in [0.2, 0.25) is 0 Å². The molecule has 0 fully saturated rings. The van der Waals surface area contributed by atoms with Gasteiger partial charge in [-0.25, -0.2) is 0 Å². The highest BCUT2D eigenvalue weighted by molar-refractivity contribution is 5.66. The third-order valence-electron chi connectivity index (χ3n) is 3.73. The Kier molecular flexibility index (Phi) is 3.95. The Morgan fingerprint density at radius 2 is 1.95 bits per heavy atom. The lowest BCUT2D eigenvalue weighted by Gasteiger charge is -2.19. The van der Waals surface area contributed by atoms with E-state index in [4.69, 9.17) is 5.11 Å². The van der Waals surface area contributed by atoms with Crippen LogP contribution in [0.4, 0.5) is 0 Å². The molecule has 0 radical (unpaired) electrons. The second kappa shape index (κ2) is 5.33. The van der Waals surface area contributed by atoms with Gasteiger partial charge in [-0.2, -0.15) is 0 Å². The molecule has 0 unspecified atom stereocenters. The fourth-order valence-corrected chi connectivity index (χ4v) is 2.54. The molecular formula is C16H23NO2. The molecule has 0 spiro atoms. The van der Waals surface area contributed by atoms with E-state index in [1.165, 1.54) is 16.7 Å². The minimum Gasteiger partial charge on any atom is -0.481 e. The maximum absolute atomic E-state index is 10.5. The largest absolute Gasteiger partial charge is 0.481 e. The highest BCUT2D eigenvalue weighted by Gasteiger charge is 2.21. The van der Waals surface area contributed by atoms with Crippen molar-refractivity contribution in [2.75, 3.05) is 6.54 Å². The summed E-state index contributed by atoms with van der Waals surface area (Å²) in [5.74, 6) is -0.702. The molecule has 0 saturated carbocycles. The van der Waals surface area contributed by atoms with Gasteiger partial charge in [-0.05, 0) is 35.1 Å². The lowest BCUT2D eigenvalue weighted by Crippen LogP contribution is -2.18. The van der Waals surface area contributed by atoms with Crippen LogP contribution in [-0.2, 0) is 23.3 Å². The molecule has 0 amide bonds. The lowest BCUT2D eigenvalue weighted by molar-refractivity contribution is -0.137. The second-order valence-corrected chi connectivity index (χ2v) is 6.44. The van der Waals surface area contributed by atoms with Crippen molar-refractivity contribution < 1.29 is 9.90 Å². The number of fused-ring (bicyclic) bond motifs is 1. The van der Waals surface area contributed by atoms with E-state index in [1.54, 1.807) is 0 Å². The second-order valence-electron chi connectivity index (χ2n) is 6.44. The van der Waals surface area contributed by atoms with Crippen molar-refractivity contribution in [1.29, 1.82) is 0 Å². The van der Waals surface area contributed by atoms with Crippen LogP contribution in [-0.4, -0.2) is 22.5 Å². The minimum atomic E-state index is -0.702. The van der Waals surface area contributed by atoms with Gasteiger partial charge in [0, 0.05) is 19.5 Å². The number of hydrogen-bond donors (Lipinski definition) is 1. The molecule has 1 aliphatic rings. The van der Waals surface area contributed by atoms with Crippen molar-refractivity contribution in [2.45, 2.75) is 52.1 Å². The molecule has 0 aliphatic carbocycles. The van der Waals surface area contributed by atoms with E-state index in [0.29, 0.717) is 0 Å². The summed E-state index contributed by atoms with van der Waals surface area (Å²) in [6.45, 7) is 9.47. The number of carboxylic acids is 1. The summed E-state index contributed by atoms with van der Waals surface area (Å²) in [5, 5.41) is 8.67. The van der Waals surface area contributed by atoms with E-state index in [-0.39, 0.29) is 11.8 Å². The van der Waals surface area contributed by atoms with Crippen molar-refractivity contribution in [1.82, 2.24) is 4.90 Å². The van der Waals surface area contributed by atoms with Gasteiger partial charge < -0.3 is 5.11 Å². The van der Waals surface area contributed by atoms with Gasteiger partial charge >= 0.3 is 5.97 Å². The molecule has 0 bridgehead atoms. The number of rotatable bonds is 4. The Hall–Kier alpha value is -1.35. The first-order valence-corrected chi connectivity index (χ1v) is 6.93. The van der Waals surface area contributed by atoms with Crippen LogP contribution in [0.15, 0.2) is 18.2 Å². The van der Waals surface area contributed by atoms with Gasteiger partial charge in [-0.1, -0.05) is 39.0 Å². The van der Waals surface area contributed by atoms with E-state index in [1.807, 2.05) is 0 Å². The van der Waals surface area contributed by atoms with Gasteiger partial charge in [0.1, 0.15) is 0 Å². The van der Waals surface area contributed by atoms with Crippen molar-refractivity contribution in [3.05, 3.63) is 34.9 Å². The summed E-state index contributed by atoms with van der Waals surface area (Å²) in [6, 6.07) is 6.76. The average Bonchev–Trinajstić information content (AvgIpc) is 2.68.